The van der Waals surface area contributed by atoms with Crippen molar-refractivity contribution in [1.29, 1.82) is 0 Å². The largest absolute Gasteiger partial charge is 2.00 e. The summed E-state index contributed by atoms with van der Waals surface area (Å²) in [7, 11) is 0. The molecule has 5 heavy (non-hydrogen) atoms. The van der Waals surface area contributed by atoms with E-state index in [1.165, 1.54) is 0 Å². The first kappa shape index (κ1) is 37.6. The van der Waals surface area contributed by atoms with Gasteiger partial charge in [0.25, 0.3) is 0 Å². The Labute approximate surface area is 127 Å². The zero-order chi connectivity index (χ0) is 0. The number of hydrogen-bond acceptors (Lipinski definition) is 0. The standard InChI is InChI=1S/2K.Mn.2O/q2*+1;+2;2*-2. The van der Waals surface area contributed by atoms with Crippen LogP contribution in [0.2, 0.25) is 0 Å². The van der Waals surface area contributed by atoms with E-state index in [1.54, 1.807) is 0 Å². The van der Waals surface area contributed by atoms with Gasteiger partial charge in [0.2, 0.25) is 0 Å². The maximum absolute atomic E-state index is 0. The summed E-state index contributed by atoms with van der Waals surface area (Å²) in [4.78, 5) is 0. The van der Waals surface area contributed by atoms with Gasteiger partial charge in [0.1, 0.15) is 0 Å². The number of hydrogen-bond donors (Lipinski definition) is 0. The Morgan fingerprint density at radius 2 is 0.600 bits per heavy atom. The second-order valence-corrected chi connectivity index (χ2v) is 0. The Morgan fingerprint density at radius 1 is 0.600 bits per heavy atom. The Kier molecular flexibility index (Phi) is 190. The van der Waals surface area contributed by atoms with Crippen LogP contribution in [-0.2, 0) is 28.0 Å². The summed E-state index contributed by atoms with van der Waals surface area (Å²) in [6.07, 6.45) is 0. The predicted octanol–water partition coefficient (Wildman–Crippen LogP) is -6.23. The molecule has 0 rings (SSSR count). The summed E-state index contributed by atoms with van der Waals surface area (Å²) >= 11 is 0. The maximum atomic E-state index is 0. The molecule has 2 nitrogen and oxygen atoms in total. The Hall–Kier alpha value is 3.71. The molecule has 1 radical (unpaired) electrons. The van der Waals surface area contributed by atoms with Crippen LogP contribution in [0.5, 0.6) is 0 Å². The van der Waals surface area contributed by atoms with Gasteiger partial charge in [-0.25, -0.2) is 0 Å². The Morgan fingerprint density at radius 3 is 0.600 bits per heavy atom. The van der Waals surface area contributed by atoms with Crippen molar-refractivity contribution in [3.63, 3.8) is 0 Å². The van der Waals surface area contributed by atoms with Gasteiger partial charge >= 0.3 is 120 Å². The molecular weight excluding hydrogens is 165 g/mol. The van der Waals surface area contributed by atoms with Crippen molar-refractivity contribution >= 4 is 0 Å². The second-order valence-electron chi connectivity index (χ2n) is 0. The predicted molar refractivity (Wildman–Crippen MR) is 1.37 cm³/mol. The Bertz CT molecular complexity index is 7.61. The molecule has 0 unspecified atom stereocenters. The summed E-state index contributed by atoms with van der Waals surface area (Å²) in [5, 5.41) is 0. The molecule has 0 amide bonds. The van der Waals surface area contributed by atoms with E-state index in [9.17, 15) is 0 Å². The third-order valence-corrected chi connectivity index (χ3v) is 0. The summed E-state index contributed by atoms with van der Waals surface area (Å²) in [5.41, 5.74) is 0. The molecule has 0 saturated heterocycles. The minimum atomic E-state index is 0. The van der Waals surface area contributed by atoms with E-state index in [1.807, 2.05) is 0 Å². The first-order valence-electron chi connectivity index (χ1n) is 0. The molecule has 0 aliphatic carbocycles. The summed E-state index contributed by atoms with van der Waals surface area (Å²) in [6, 6.07) is 0. The van der Waals surface area contributed by atoms with Crippen molar-refractivity contribution in [2.45, 2.75) is 0 Å². The van der Waals surface area contributed by atoms with Crippen LogP contribution in [0, 0.1) is 0 Å². The second kappa shape index (κ2) is 25.2. The zero-order valence-electron chi connectivity index (χ0n) is 3.19. The van der Waals surface area contributed by atoms with Crippen molar-refractivity contribution in [2.75, 3.05) is 0 Å². The van der Waals surface area contributed by atoms with E-state index in [4.69, 9.17) is 0 Å². The third kappa shape index (κ3) is 18.3. The SMILES string of the molecule is [K+].[K+].[Mn+2].[O-2].[O-2]. The van der Waals surface area contributed by atoms with Crippen molar-refractivity contribution in [3.05, 3.63) is 0 Å². The molecule has 0 aromatic heterocycles. The normalized spacial score (nSPS) is 0. The molecule has 0 atom stereocenters. The fourth-order valence-corrected chi connectivity index (χ4v) is 0. The van der Waals surface area contributed by atoms with E-state index in [0.29, 0.717) is 0 Å². The molecule has 0 heterocycles. The molecule has 0 aromatic carbocycles. The maximum Gasteiger partial charge on any atom is 2.00 e. The van der Waals surface area contributed by atoms with E-state index < -0.39 is 0 Å². The van der Waals surface area contributed by atoms with Gasteiger partial charge in [-0.05, 0) is 0 Å². The van der Waals surface area contributed by atoms with Crippen molar-refractivity contribution < 1.29 is 131 Å². The van der Waals surface area contributed by atoms with Crippen LogP contribution >= 0.6 is 0 Å². The van der Waals surface area contributed by atoms with E-state index in [2.05, 4.69) is 0 Å². The fourth-order valence-electron chi connectivity index (χ4n) is 0. The monoisotopic (exact) mass is 165 g/mol. The molecule has 0 fully saturated rings. The van der Waals surface area contributed by atoms with Crippen LogP contribution in [0.4, 0.5) is 0 Å². The molecule has 0 spiro atoms. The minimum absolute atomic E-state index is 0. The van der Waals surface area contributed by atoms with E-state index >= 15 is 0 Å². The van der Waals surface area contributed by atoms with Gasteiger partial charge in [0.15, 0.2) is 0 Å². The van der Waals surface area contributed by atoms with Gasteiger partial charge in [0.05, 0.1) is 0 Å². The first-order valence-corrected chi connectivity index (χ1v) is 0. The van der Waals surface area contributed by atoms with Gasteiger partial charge in [0, 0.05) is 0 Å². The molecule has 21 valence electrons. The molecule has 0 aliphatic heterocycles. The third-order valence-electron chi connectivity index (χ3n) is 0. The summed E-state index contributed by atoms with van der Waals surface area (Å²) in [5.74, 6) is 0. The van der Waals surface area contributed by atoms with Gasteiger partial charge in [-0.15, -0.1) is 0 Å². The fraction of sp³-hybridized carbons (Fsp3) is 0. The van der Waals surface area contributed by atoms with Crippen LogP contribution in [0.25, 0.3) is 0 Å². The topological polar surface area (TPSA) is 57.0 Å². The van der Waals surface area contributed by atoms with Crippen LogP contribution < -0.4 is 103 Å². The van der Waals surface area contributed by atoms with Crippen LogP contribution in [0.15, 0.2) is 0 Å². The molecule has 0 bridgehead atoms. The smallest absolute Gasteiger partial charge is 2.00 e. The summed E-state index contributed by atoms with van der Waals surface area (Å²) < 4.78 is 0. The van der Waals surface area contributed by atoms with Gasteiger partial charge in [-0.1, -0.05) is 0 Å². The van der Waals surface area contributed by atoms with Gasteiger partial charge in [-0.2, -0.15) is 0 Å². The average molecular weight is 165 g/mol. The van der Waals surface area contributed by atoms with Gasteiger partial charge in [-0.3, -0.25) is 0 Å². The molecule has 0 aromatic rings. The van der Waals surface area contributed by atoms with E-state index in [-0.39, 0.29) is 131 Å². The molecular formula is K2MnO2. The van der Waals surface area contributed by atoms with Crippen molar-refractivity contribution in [2.24, 2.45) is 0 Å². The first-order chi connectivity index (χ1) is 0. The van der Waals surface area contributed by atoms with Crippen molar-refractivity contribution in [3.8, 4) is 0 Å². The molecule has 0 N–H and O–H groups in total. The van der Waals surface area contributed by atoms with Crippen molar-refractivity contribution in [1.82, 2.24) is 0 Å². The number of rotatable bonds is 0. The average Bonchev–Trinajstić information content (AvgIpc) is 0. The Balaban J connectivity index is 0. The van der Waals surface area contributed by atoms with Crippen LogP contribution in [-0.4, -0.2) is 0 Å². The quantitative estimate of drug-likeness (QED) is 0.321. The molecule has 5 heteroatoms. The van der Waals surface area contributed by atoms with Crippen LogP contribution in [0.1, 0.15) is 0 Å². The van der Waals surface area contributed by atoms with E-state index in [0.717, 1.165) is 0 Å². The molecule has 0 saturated carbocycles. The molecule has 0 aliphatic rings. The van der Waals surface area contributed by atoms with Crippen LogP contribution in [0.3, 0.4) is 0 Å². The zero-order valence-corrected chi connectivity index (χ0v) is 10.6. The summed E-state index contributed by atoms with van der Waals surface area (Å²) in [6.45, 7) is 0. The minimum Gasteiger partial charge on any atom is -2.00 e. The van der Waals surface area contributed by atoms with Gasteiger partial charge < -0.3 is 11.0 Å².